The molecule has 84 valence electrons. The lowest BCUT2D eigenvalue weighted by Gasteiger charge is -2.33. The van der Waals surface area contributed by atoms with E-state index in [0.717, 1.165) is 17.8 Å². The lowest BCUT2D eigenvalue weighted by atomic mass is 9.87. The summed E-state index contributed by atoms with van der Waals surface area (Å²) in [4.78, 5) is 16.9. The van der Waals surface area contributed by atoms with Gasteiger partial charge in [-0.3, -0.25) is 9.20 Å². The third-order valence-corrected chi connectivity index (χ3v) is 3.74. The van der Waals surface area contributed by atoms with Gasteiger partial charge < -0.3 is 11.1 Å². The number of nitrogens with one attached hydrogen (secondary N) is 1. The van der Waals surface area contributed by atoms with Gasteiger partial charge in [0, 0.05) is 29.9 Å². The number of aromatic nitrogens is 2. The number of carbonyl (C=O) groups is 1. The number of thiazole rings is 1. The van der Waals surface area contributed by atoms with Crippen LogP contribution in [0.15, 0.2) is 17.8 Å². The quantitative estimate of drug-likeness (QED) is 0.802. The van der Waals surface area contributed by atoms with E-state index in [0.29, 0.717) is 5.69 Å². The molecule has 2 aromatic heterocycles. The van der Waals surface area contributed by atoms with Crippen LogP contribution in [-0.2, 0) is 0 Å². The van der Waals surface area contributed by atoms with Crippen molar-refractivity contribution >= 4 is 22.2 Å². The molecule has 2 atom stereocenters. The normalized spacial score (nSPS) is 24.3. The molecule has 0 aliphatic heterocycles. The Hall–Kier alpha value is -1.40. The lowest BCUT2D eigenvalue weighted by Crippen LogP contribution is -2.54. The Morgan fingerprint density at radius 3 is 3.12 bits per heavy atom. The molecule has 0 bridgehead atoms. The van der Waals surface area contributed by atoms with E-state index in [2.05, 4.69) is 10.3 Å². The molecule has 0 aromatic carbocycles. The average Bonchev–Trinajstić information content (AvgIpc) is 2.83. The summed E-state index contributed by atoms with van der Waals surface area (Å²) in [6.45, 7) is 0. The zero-order valence-corrected chi connectivity index (χ0v) is 9.41. The van der Waals surface area contributed by atoms with Gasteiger partial charge in [-0.05, 0) is 12.8 Å². The summed E-state index contributed by atoms with van der Waals surface area (Å²) in [6.07, 6.45) is 5.59. The van der Waals surface area contributed by atoms with Crippen LogP contribution in [0, 0.1) is 0 Å². The Bertz CT molecular complexity index is 503. The molecule has 0 radical (unpaired) electrons. The van der Waals surface area contributed by atoms with E-state index in [1.807, 2.05) is 16.0 Å². The second kappa shape index (κ2) is 3.57. The number of imidazole rings is 1. The summed E-state index contributed by atoms with van der Waals surface area (Å²) < 4.78 is 1.85. The molecule has 3 rings (SSSR count). The predicted molar refractivity (Wildman–Crippen MR) is 61.5 cm³/mol. The maximum absolute atomic E-state index is 11.8. The first kappa shape index (κ1) is 9.80. The lowest BCUT2D eigenvalue weighted by molar-refractivity contribution is 0.0901. The van der Waals surface area contributed by atoms with Gasteiger partial charge in [-0.25, -0.2) is 4.98 Å². The largest absolute Gasteiger partial charge is 0.346 e. The van der Waals surface area contributed by atoms with Crippen LogP contribution in [0.25, 0.3) is 4.96 Å². The van der Waals surface area contributed by atoms with Crippen molar-refractivity contribution in [2.45, 2.75) is 24.9 Å². The molecule has 0 saturated heterocycles. The Labute approximate surface area is 96.3 Å². The van der Waals surface area contributed by atoms with Crippen LogP contribution in [-0.4, -0.2) is 27.4 Å². The monoisotopic (exact) mass is 236 g/mol. The van der Waals surface area contributed by atoms with Crippen molar-refractivity contribution in [3.8, 4) is 0 Å². The van der Waals surface area contributed by atoms with Gasteiger partial charge in [0.05, 0.1) is 0 Å². The fourth-order valence-electron chi connectivity index (χ4n) is 1.78. The summed E-state index contributed by atoms with van der Waals surface area (Å²) >= 11 is 1.51. The predicted octanol–water partition coefficient (Wildman–Crippen LogP) is 0.615. The van der Waals surface area contributed by atoms with Crippen LogP contribution < -0.4 is 11.1 Å². The number of hydrogen-bond acceptors (Lipinski definition) is 4. The number of nitrogens with two attached hydrogens (primary N) is 1. The van der Waals surface area contributed by atoms with Gasteiger partial charge in [-0.2, -0.15) is 0 Å². The third kappa shape index (κ3) is 1.50. The van der Waals surface area contributed by atoms with Crippen LogP contribution in [0.3, 0.4) is 0 Å². The van der Waals surface area contributed by atoms with E-state index >= 15 is 0 Å². The Kier molecular flexibility index (Phi) is 2.19. The number of fused-ring (bicyclic) bond motifs is 1. The van der Waals surface area contributed by atoms with Gasteiger partial charge in [0.15, 0.2) is 4.96 Å². The van der Waals surface area contributed by atoms with Crippen molar-refractivity contribution in [3.05, 3.63) is 23.5 Å². The molecule has 0 spiro atoms. The number of rotatable bonds is 2. The van der Waals surface area contributed by atoms with Gasteiger partial charge >= 0.3 is 0 Å². The summed E-state index contributed by atoms with van der Waals surface area (Å²) in [5.74, 6) is -0.129. The molecule has 1 amide bonds. The van der Waals surface area contributed by atoms with Crippen LogP contribution in [0.5, 0.6) is 0 Å². The summed E-state index contributed by atoms with van der Waals surface area (Å²) in [5, 5.41) is 4.83. The van der Waals surface area contributed by atoms with Crippen molar-refractivity contribution in [1.29, 1.82) is 0 Å². The first-order valence-corrected chi connectivity index (χ1v) is 6.10. The fourth-order valence-corrected chi connectivity index (χ4v) is 2.48. The molecule has 1 fully saturated rings. The molecular weight excluding hydrogens is 224 g/mol. The molecule has 1 saturated carbocycles. The average molecular weight is 236 g/mol. The van der Waals surface area contributed by atoms with Crippen molar-refractivity contribution in [2.75, 3.05) is 0 Å². The Morgan fingerprint density at radius 2 is 2.50 bits per heavy atom. The standard InChI is InChI=1S/C10H12N4OS/c11-6-1-2-7(6)12-9(15)8-5-14-3-4-16-10(14)13-8/h3-7H,1-2,11H2,(H,12,15)/t6-,7+/m1/s1. The highest BCUT2D eigenvalue weighted by molar-refractivity contribution is 7.15. The van der Waals surface area contributed by atoms with Crippen LogP contribution in [0.4, 0.5) is 0 Å². The van der Waals surface area contributed by atoms with Crippen molar-refractivity contribution in [1.82, 2.24) is 14.7 Å². The molecule has 5 nitrogen and oxygen atoms in total. The Balaban J connectivity index is 1.76. The summed E-state index contributed by atoms with van der Waals surface area (Å²) in [5.41, 5.74) is 6.23. The van der Waals surface area contributed by atoms with Crippen LogP contribution in [0.1, 0.15) is 23.3 Å². The highest BCUT2D eigenvalue weighted by atomic mass is 32.1. The van der Waals surface area contributed by atoms with Crippen molar-refractivity contribution < 1.29 is 4.79 Å². The number of hydrogen-bond donors (Lipinski definition) is 2. The highest BCUT2D eigenvalue weighted by Crippen LogP contribution is 2.18. The maximum atomic E-state index is 11.8. The molecule has 1 aliphatic rings. The van der Waals surface area contributed by atoms with E-state index in [1.165, 1.54) is 11.3 Å². The van der Waals surface area contributed by atoms with E-state index in [-0.39, 0.29) is 18.0 Å². The van der Waals surface area contributed by atoms with Gasteiger partial charge in [0.2, 0.25) is 0 Å². The fraction of sp³-hybridized carbons (Fsp3) is 0.400. The van der Waals surface area contributed by atoms with Gasteiger partial charge in [0.1, 0.15) is 5.69 Å². The van der Waals surface area contributed by atoms with E-state index < -0.39 is 0 Å². The van der Waals surface area contributed by atoms with Crippen molar-refractivity contribution in [3.63, 3.8) is 0 Å². The first-order chi connectivity index (χ1) is 7.74. The molecule has 0 unspecified atom stereocenters. The maximum Gasteiger partial charge on any atom is 0.271 e. The van der Waals surface area contributed by atoms with E-state index in [1.54, 1.807) is 6.20 Å². The summed E-state index contributed by atoms with van der Waals surface area (Å²) in [6, 6.07) is 0.222. The third-order valence-electron chi connectivity index (χ3n) is 2.97. The second-order valence-electron chi connectivity index (χ2n) is 4.04. The topological polar surface area (TPSA) is 72.4 Å². The number of carbonyl (C=O) groups excluding carboxylic acids is 1. The molecule has 2 heterocycles. The smallest absolute Gasteiger partial charge is 0.271 e. The zero-order chi connectivity index (χ0) is 11.1. The second-order valence-corrected chi connectivity index (χ2v) is 4.91. The van der Waals surface area contributed by atoms with E-state index in [4.69, 9.17) is 5.73 Å². The molecule has 16 heavy (non-hydrogen) atoms. The van der Waals surface area contributed by atoms with E-state index in [9.17, 15) is 4.79 Å². The minimum Gasteiger partial charge on any atom is -0.346 e. The zero-order valence-electron chi connectivity index (χ0n) is 8.59. The summed E-state index contributed by atoms with van der Waals surface area (Å²) in [7, 11) is 0. The molecule has 2 aromatic rings. The number of nitrogens with zero attached hydrogens (tertiary/aromatic N) is 2. The van der Waals surface area contributed by atoms with Crippen LogP contribution in [0.2, 0.25) is 0 Å². The molecule has 3 N–H and O–H groups in total. The SMILES string of the molecule is N[C@@H]1CC[C@@H]1NC(=O)c1cn2ccsc2n1. The molecule has 1 aliphatic carbocycles. The Morgan fingerprint density at radius 1 is 1.62 bits per heavy atom. The highest BCUT2D eigenvalue weighted by Gasteiger charge is 2.29. The van der Waals surface area contributed by atoms with Gasteiger partial charge in [-0.15, -0.1) is 11.3 Å². The molecular formula is C10H12N4OS. The van der Waals surface area contributed by atoms with Crippen LogP contribution >= 0.6 is 11.3 Å². The first-order valence-electron chi connectivity index (χ1n) is 5.23. The minimum atomic E-state index is -0.129. The molecule has 6 heteroatoms. The van der Waals surface area contributed by atoms with Gasteiger partial charge in [0.25, 0.3) is 5.91 Å². The van der Waals surface area contributed by atoms with Crippen molar-refractivity contribution in [2.24, 2.45) is 5.73 Å². The number of amides is 1. The van der Waals surface area contributed by atoms with Gasteiger partial charge in [-0.1, -0.05) is 0 Å². The minimum absolute atomic E-state index is 0.104.